The molecule has 5 rings (SSSR count). The lowest BCUT2D eigenvalue weighted by Crippen LogP contribution is -2.40. The number of anilines is 1. The number of rotatable bonds is 3. The van der Waals surface area contributed by atoms with Crippen molar-refractivity contribution in [2.24, 2.45) is 5.73 Å². The quantitative estimate of drug-likeness (QED) is 0.406. The highest BCUT2D eigenvalue weighted by Crippen LogP contribution is 2.40. The summed E-state index contributed by atoms with van der Waals surface area (Å²) in [5.74, 6) is 1.09. The monoisotopic (exact) mass is 467 g/mol. The van der Waals surface area contributed by atoms with Gasteiger partial charge in [0, 0.05) is 30.7 Å². The van der Waals surface area contributed by atoms with Crippen LogP contribution in [0.4, 0.5) is 18.9 Å². The summed E-state index contributed by atoms with van der Waals surface area (Å²) in [6, 6.07) is 10.3. The molecule has 1 saturated heterocycles. The maximum Gasteiger partial charge on any atom is 0.418 e. The summed E-state index contributed by atoms with van der Waals surface area (Å²) in [6.07, 6.45) is -1.27. The van der Waals surface area contributed by atoms with E-state index >= 15 is 0 Å². The molecule has 8 heteroatoms. The number of piperidine rings is 1. The summed E-state index contributed by atoms with van der Waals surface area (Å²) >= 11 is 0. The number of halogens is 3. The van der Waals surface area contributed by atoms with E-state index in [0.717, 1.165) is 28.1 Å². The standard InChI is InChI=1S/C26H28F3N5/c1-15(2)25-32-16(3)24-14-31-21-6-4-18(13-23(21)34(24)25)17-5-7-22(20(12-17)26(27,28)29)33-10-8-19(30)9-11-33/h4-7,12-15,19H,8-11,30H2,1-3H3. The molecule has 0 saturated carbocycles. The second-order valence-corrected chi connectivity index (χ2v) is 9.45. The van der Waals surface area contributed by atoms with Crippen LogP contribution in [0.2, 0.25) is 0 Å². The van der Waals surface area contributed by atoms with Gasteiger partial charge in [-0.15, -0.1) is 0 Å². The first-order chi connectivity index (χ1) is 16.1. The van der Waals surface area contributed by atoms with Gasteiger partial charge in [-0.25, -0.2) is 4.98 Å². The van der Waals surface area contributed by atoms with Gasteiger partial charge >= 0.3 is 6.18 Å². The molecule has 0 bridgehead atoms. The largest absolute Gasteiger partial charge is 0.418 e. The number of hydrogen-bond acceptors (Lipinski definition) is 4. The average Bonchev–Trinajstić information content (AvgIpc) is 3.16. The van der Waals surface area contributed by atoms with Crippen LogP contribution in [0.15, 0.2) is 42.6 Å². The van der Waals surface area contributed by atoms with Crippen LogP contribution < -0.4 is 10.6 Å². The van der Waals surface area contributed by atoms with Crippen LogP contribution in [0.1, 0.15) is 49.7 Å². The Hall–Kier alpha value is -3.13. The third-order valence-electron chi connectivity index (χ3n) is 6.70. The van der Waals surface area contributed by atoms with Crippen LogP contribution in [0.3, 0.4) is 0 Å². The molecular formula is C26H28F3N5. The number of nitrogens with zero attached hydrogens (tertiary/aromatic N) is 4. The van der Waals surface area contributed by atoms with E-state index in [4.69, 9.17) is 10.7 Å². The van der Waals surface area contributed by atoms with Crippen LogP contribution in [0, 0.1) is 6.92 Å². The number of aryl methyl sites for hydroxylation is 1. The van der Waals surface area contributed by atoms with Gasteiger partial charge in [-0.1, -0.05) is 26.0 Å². The molecule has 0 unspecified atom stereocenters. The highest BCUT2D eigenvalue weighted by molar-refractivity contribution is 5.85. The van der Waals surface area contributed by atoms with Crippen molar-refractivity contribution in [2.45, 2.75) is 51.7 Å². The smallest absolute Gasteiger partial charge is 0.371 e. The van der Waals surface area contributed by atoms with Gasteiger partial charge in [-0.2, -0.15) is 13.2 Å². The van der Waals surface area contributed by atoms with E-state index in [-0.39, 0.29) is 17.6 Å². The maximum atomic E-state index is 14.1. The van der Waals surface area contributed by atoms with Gasteiger partial charge in [0.15, 0.2) is 0 Å². The van der Waals surface area contributed by atoms with Gasteiger partial charge < -0.3 is 10.6 Å². The van der Waals surface area contributed by atoms with E-state index in [1.807, 2.05) is 25.1 Å². The minimum absolute atomic E-state index is 0.0513. The van der Waals surface area contributed by atoms with Crippen LogP contribution in [0.5, 0.6) is 0 Å². The molecule has 0 radical (unpaired) electrons. The number of fused-ring (bicyclic) bond motifs is 3. The lowest BCUT2D eigenvalue weighted by atomic mass is 9.98. The number of nitrogens with two attached hydrogens (primary N) is 1. The molecule has 178 valence electrons. The van der Waals surface area contributed by atoms with Crippen LogP contribution in [-0.2, 0) is 6.18 Å². The van der Waals surface area contributed by atoms with Crippen molar-refractivity contribution in [3.63, 3.8) is 0 Å². The van der Waals surface area contributed by atoms with Crippen LogP contribution in [0.25, 0.3) is 27.7 Å². The molecule has 2 aromatic carbocycles. The highest BCUT2D eigenvalue weighted by atomic mass is 19.4. The molecule has 1 aliphatic rings. The summed E-state index contributed by atoms with van der Waals surface area (Å²) in [5, 5.41) is 0. The van der Waals surface area contributed by atoms with Gasteiger partial charge in [-0.05, 0) is 55.2 Å². The Balaban J connectivity index is 1.65. The molecule has 0 spiro atoms. The number of imidazole rings is 1. The van der Waals surface area contributed by atoms with Gasteiger partial charge in [0.25, 0.3) is 0 Å². The summed E-state index contributed by atoms with van der Waals surface area (Å²) in [5.41, 5.74) is 10.2. The SMILES string of the molecule is Cc1nc(C(C)C)n2c1cnc1ccc(-c3ccc(N4CCC(N)CC4)c(C(F)(F)F)c3)cc12. The Morgan fingerprint density at radius 2 is 1.68 bits per heavy atom. The second-order valence-electron chi connectivity index (χ2n) is 9.45. The van der Waals surface area contributed by atoms with E-state index in [2.05, 4.69) is 23.2 Å². The zero-order valence-corrected chi connectivity index (χ0v) is 19.5. The fourth-order valence-corrected chi connectivity index (χ4v) is 4.84. The maximum absolute atomic E-state index is 14.1. The Morgan fingerprint density at radius 1 is 1.00 bits per heavy atom. The third-order valence-corrected chi connectivity index (χ3v) is 6.70. The molecule has 1 fully saturated rings. The zero-order valence-electron chi connectivity index (χ0n) is 19.5. The van der Waals surface area contributed by atoms with Crippen molar-refractivity contribution < 1.29 is 13.2 Å². The Kier molecular flexibility index (Phi) is 5.51. The predicted octanol–water partition coefficient (Wildman–Crippen LogP) is 5.93. The second kappa shape index (κ2) is 8.27. The first-order valence-electron chi connectivity index (χ1n) is 11.6. The van der Waals surface area contributed by atoms with Crippen LogP contribution >= 0.6 is 0 Å². The van der Waals surface area contributed by atoms with Crippen molar-refractivity contribution in [3.8, 4) is 11.1 Å². The third kappa shape index (κ3) is 3.90. The summed E-state index contributed by atoms with van der Waals surface area (Å²) < 4.78 is 44.4. The molecule has 34 heavy (non-hydrogen) atoms. The average molecular weight is 468 g/mol. The summed E-state index contributed by atoms with van der Waals surface area (Å²) in [7, 11) is 0. The summed E-state index contributed by atoms with van der Waals surface area (Å²) in [6.45, 7) is 7.15. The van der Waals surface area contributed by atoms with Crippen molar-refractivity contribution >= 4 is 22.2 Å². The van der Waals surface area contributed by atoms with Crippen molar-refractivity contribution in [3.05, 3.63) is 59.7 Å². The van der Waals surface area contributed by atoms with Gasteiger partial charge in [0.2, 0.25) is 0 Å². The molecule has 3 heterocycles. The predicted molar refractivity (Wildman–Crippen MR) is 129 cm³/mol. The minimum atomic E-state index is -4.46. The molecule has 0 atom stereocenters. The number of hydrogen-bond donors (Lipinski definition) is 1. The van der Waals surface area contributed by atoms with Crippen LogP contribution in [-0.4, -0.2) is 33.5 Å². The first-order valence-corrected chi connectivity index (χ1v) is 11.6. The normalized spacial score (nSPS) is 15.7. The fourth-order valence-electron chi connectivity index (χ4n) is 4.84. The lowest BCUT2D eigenvalue weighted by Gasteiger charge is -2.33. The Morgan fingerprint density at radius 3 is 2.35 bits per heavy atom. The molecule has 4 aromatic rings. The molecule has 1 aliphatic heterocycles. The Bertz CT molecular complexity index is 1360. The topological polar surface area (TPSA) is 59.5 Å². The lowest BCUT2D eigenvalue weighted by molar-refractivity contribution is -0.137. The summed E-state index contributed by atoms with van der Waals surface area (Å²) in [4.78, 5) is 11.1. The van der Waals surface area contributed by atoms with Gasteiger partial charge in [0.1, 0.15) is 5.82 Å². The number of benzene rings is 2. The number of alkyl halides is 3. The molecule has 0 amide bonds. The van der Waals surface area contributed by atoms with Crippen molar-refractivity contribution in [1.82, 2.24) is 14.4 Å². The van der Waals surface area contributed by atoms with E-state index in [1.54, 1.807) is 23.2 Å². The zero-order chi connectivity index (χ0) is 24.2. The van der Waals surface area contributed by atoms with E-state index < -0.39 is 11.7 Å². The molecule has 2 aromatic heterocycles. The van der Waals surface area contributed by atoms with Gasteiger partial charge in [-0.3, -0.25) is 9.38 Å². The number of aromatic nitrogens is 3. The highest BCUT2D eigenvalue weighted by Gasteiger charge is 2.36. The fraction of sp³-hybridized carbons (Fsp3) is 0.385. The molecule has 0 aliphatic carbocycles. The Labute approximate surface area is 196 Å². The van der Waals surface area contributed by atoms with Crippen molar-refractivity contribution in [1.29, 1.82) is 0 Å². The van der Waals surface area contributed by atoms with Gasteiger partial charge in [0.05, 0.1) is 34.0 Å². The molecule has 2 N–H and O–H groups in total. The van der Waals surface area contributed by atoms with E-state index in [1.165, 1.54) is 6.07 Å². The van der Waals surface area contributed by atoms with Crippen molar-refractivity contribution in [2.75, 3.05) is 18.0 Å². The first kappa shape index (κ1) is 22.7. The minimum Gasteiger partial charge on any atom is -0.371 e. The van der Waals surface area contributed by atoms with E-state index in [9.17, 15) is 13.2 Å². The van der Waals surface area contributed by atoms with E-state index in [0.29, 0.717) is 37.1 Å². The molecule has 5 nitrogen and oxygen atoms in total. The molecular weight excluding hydrogens is 439 g/mol.